The predicted octanol–water partition coefficient (Wildman–Crippen LogP) is 0.438. The fraction of sp³-hybridized carbons (Fsp3) is 0.455. The quantitative estimate of drug-likeness (QED) is 0.795. The van der Waals surface area contributed by atoms with Crippen molar-refractivity contribution in [2.75, 3.05) is 5.43 Å². The van der Waals surface area contributed by atoms with Gasteiger partial charge in [0.15, 0.2) is 5.65 Å². The fourth-order valence-corrected chi connectivity index (χ4v) is 1.65. The van der Waals surface area contributed by atoms with E-state index in [-0.39, 0.29) is 17.0 Å². The molecule has 2 aromatic rings. The second kappa shape index (κ2) is 3.94. The second-order valence-electron chi connectivity index (χ2n) is 5.05. The van der Waals surface area contributed by atoms with E-state index >= 15 is 0 Å². The summed E-state index contributed by atoms with van der Waals surface area (Å²) in [7, 11) is 0. The van der Waals surface area contributed by atoms with Crippen molar-refractivity contribution in [2.45, 2.75) is 33.2 Å². The molecule has 2 rings (SSSR count). The molecule has 0 aliphatic heterocycles. The maximum absolute atomic E-state index is 12.1. The van der Waals surface area contributed by atoms with Gasteiger partial charge in [0.2, 0.25) is 5.91 Å². The average molecular weight is 249 g/mol. The van der Waals surface area contributed by atoms with Gasteiger partial charge in [-0.3, -0.25) is 15.0 Å². The van der Waals surface area contributed by atoms with E-state index < -0.39 is 0 Å². The summed E-state index contributed by atoms with van der Waals surface area (Å²) in [4.78, 5) is 27.2. The minimum atomic E-state index is -0.342. The van der Waals surface area contributed by atoms with Crippen molar-refractivity contribution in [3.8, 4) is 0 Å². The molecule has 0 spiro atoms. The van der Waals surface area contributed by atoms with Crippen LogP contribution in [0.2, 0.25) is 0 Å². The van der Waals surface area contributed by atoms with Gasteiger partial charge >= 0.3 is 0 Å². The molecule has 2 heterocycles. The zero-order valence-corrected chi connectivity index (χ0v) is 10.8. The Kier molecular flexibility index (Phi) is 2.68. The zero-order valence-electron chi connectivity index (χ0n) is 10.8. The molecule has 0 saturated carbocycles. The summed E-state index contributed by atoms with van der Waals surface area (Å²) in [5.41, 5.74) is 2.28. The van der Waals surface area contributed by atoms with Crippen LogP contribution in [0.5, 0.6) is 0 Å². The number of fused-ring (bicyclic) bond motifs is 1. The third kappa shape index (κ3) is 1.99. The van der Waals surface area contributed by atoms with E-state index in [0.717, 1.165) is 4.68 Å². The summed E-state index contributed by atoms with van der Waals surface area (Å²) in [6.07, 6.45) is 2.75. The van der Waals surface area contributed by atoms with Gasteiger partial charge in [0, 0.05) is 6.92 Å². The molecule has 0 unspecified atom stereocenters. The minimum Gasteiger partial charge on any atom is -0.274 e. The van der Waals surface area contributed by atoms with Gasteiger partial charge in [-0.05, 0) is 20.8 Å². The highest BCUT2D eigenvalue weighted by atomic mass is 16.2. The van der Waals surface area contributed by atoms with Crippen molar-refractivity contribution in [3.63, 3.8) is 0 Å². The highest BCUT2D eigenvalue weighted by Crippen LogP contribution is 2.17. The molecular formula is C11H15N5O2. The molecule has 0 bridgehead atoms. The Hall–Kier alpha value is -2.18. The first-order chi connectivity index (χ1) is 8.30. The van der Waals surface area contributed by atoms with Crippen LogP contribution in [0.1, 0.15) is 27.7 Å². The largest absolute Gasteiger partial charge is 0.283 e. The molecule has 0 aliphatic rings. The zero-order chi connectivity index (χ0) is 13.5. The third-order valence-electron chi connectivity index (χ3n) is 2.40. The van der Waals surface area contributed by atoms with E-state index in [0.29, 0.717) is 11.0 Å². The molecule has 1 N–H and O–H groups in total. The van der Waals surface area contributed by atoms with Crippen molar-refractivity contribution in [1.29, 1.82) is 0 Å². The summed E-state index contributed by atoms with van der Waals surface area (Å²) < 4.78 is 2.74. The SMILES string of the molecule is CC(=O)Nn1cnc2c(cnn2C(C)(C)C)c1=O. The lowest BCUT2D eigenvalue weighted by atomic mass is 10.1. The van der Waals surface area contributed by atoms with Crippen LogP contribution in [-0.2, 0) is 10.3 Å². The van der Waals surface area contributed by atoms with Crippen LogP contribution >= 0.6 is 0 Å². The van der Waals surface area contributed by atoms with E-state index in [1.165, 1.54) is 19.4 Å². The maximum Gasteiger partial charge on any atom is 0.283 e. The number of rotatable bonds is 1. The van der Waals surface area contributed by atoms with Crippen molar-refractivity contribution in [3.05, 3.63) is 22.9 Å². The first-order valence-electron chi connectivity index (χ1n) is 5.54. The Morgan fingerprint density at radius 1 is 1.39 bits per heavy atom. The Balaban J connectivity index is 2.65. The van der Waals surface area contributed by atoms with Crippen molar-refractivity contribution in [1.82, 2.24) is 19.4 Å². The van der Waals surface area contributed by atoms with Gasteiger partial charge < -0.3 is 0 Å². The molecule has 1 amide bonds. The van der Waals surface area contributed by atoms with Gasteiger partial charge in [-0.2, -0.15) is 5.10 Å². The van der Waals surface area contributed by atoms with Crippen LogP contribution in [0, 0.1) is 0 Å². The number of aromatic nitrogens is 4. The number of carbonyl (C=O) groups is 1. The molecule has 2 aromatic heterocycles. The molecule has 0 radical (unpaired) electrons. The lowest BCUT2D eigenvalue weighted by Crippen LogP contribution is -2.32. The molecule has 18 heavy (non-hydrogen) atoms. The summed E-state index contributed by atoms with van der Waals surface area (Å²) in [6, 6.07) is 0. The minimum absolute atomic E-state index is 0.263. The Labute approximate surface area is 103 Å². The molecule has 0 atom stereocenters. The van der Waals surface area contributed by atoms with E-state index in [2.05, 4.69) is 15.5 Å². The van der Waals surface area contributed by atoms with Gasteiger partial charge in [0.05, 0.1) is 11.7 Å². The van der Waals surface area contributed by atoms with E-state index in [9.17, 15) is 9.59 Å². The Morgan fingerprint density at radius 2 is 2.06 bits per heavy atom. The highest BCUT2D eigenvalue weighted by molar-refractivity contribution is 5.81. The van der Waals surface area contributed by atoms with Gasteiger partial charge in [-0.15, -0.1) is 0 Å². The number of hydrogen-bond donors (Lipinski definition) is 1. The highest BCUT2D eigenvalue weighted by Gasteiger charge is 2.19. The molecule has 7 nitrogen and oxygen atoms in total. The van der Waals surface area contributed by atoms with Crippen molar-refractivity contribution in [2.24, 2.45) is 0 Å². The van der Waals surface area contributed by atoms with Gasteiger partial charge in [-0.25, -0.2) is 14.3 Å². The average Bonchev–Trinajstić information content (AvgIpc) is 2.65. The first-order valence-corrected chi connectivity index (χ1v) is 5.54. The van der Waals surface area contributed by atoms with Gasteiger partial charge in [0.1, 0.15) is 11.7 Å². The summed E-state index contributed by atoms with van der Waals surface area (Å²) in [5, 5.41) is 4.55. The molecular weight excluding hydrogens is 234 g/mol. The number of nitrogens with one attached hydrogen (secondary N) is 1. The lowest BCUT2D eigenvalue weighted by molar-refractivity contribution is -0.115. The van der Waals surface area contributed by atoms with E-state index in [4.69, 9.17) is 0 Å². The van der Waals surface area contributed by atoms with Crippen molar-refractivity contribution >= 4 is 16.9 Å². The normalized spacial score (nSPS) is 11.8. The molecule has 0 aromatic carbocycles. The maximum atomic E-state index is 12.1. The van der Waals surface area contributed by atoms with E-state index in [1.807, 2.05) is 20.8 Å². The first kappa shape index (κ1) is 12.3. The molecule has 0 saturated heterocycles. The van der Waals surface area contributed by atoms with Crippen LogP contribution < -0.4 is 11.0 Å². The number of nitrogens with zero attached hydrogens (tertiary/aromatic N) is 4. The van der Waals surface area contributed by atoms with Gasteiger partial charge in [-0.1, -0.05) is 0 Å². The van der Waals surface area contributed by atoms with Crippen LogP contribution in [0.4, 0.5) is 0 Å². The summed E-state index contributed by atoms with van der Waals surface area (Å²) in [5.74, 6) is -0.332. The standard InChI is InChI=1S/C11H15N5O2/c1-7(17)14-15-6-12-9-8(10(15)18)5-13-16(9)11(2,3)4/h5-6H,1-4H3,(H,14,17). The monoisotopic (exact) mass is 249 g/mol. The molecule has 0 fully saturated rings. The van der Waals surface area contributed by atoms with Crippen LogP contribution in [-0.4, -0.2) is 25.3 Å². The van der Waals surface area contributed by atoms with Crippen LogP contribution in [0.15, 0.2) is 17.3 Å². The third-order valence-corrected chi connectivity index (χ3v) is 2.40. The second-order valence-corrected chi connectivity index (χ2v) is 5.05. The predicted molar refractivity (Wildman–Crippen MR) is 66.8 cm³/mol. The fourth-order valence-electron chi connectivity index (χ4n) is 1.65. The van der Waals surface area contributed by atoms with E-state index in [1.54, 1.807) is 4.68 Å². The smallest absolute Gasteiger partial charge is 0.274 e. The molecule has 96 valence electrons. The Bertz CT molecular complexity index is 662. The molecule has 7 heteroatoms. The Morgan fingerprint density at radius 3 is 2.61 bits per heavy atom. The van der Waals surface area contributed by atoms with Crippen molar-refractivity contribution < 1.29 is 4.79 Å². The number of amides is 1. The number of carbonyl (C=O) groups excluding carboxylic acids is 1. The summed E-state index contributed by atoms with van der Waals surface area (Å²) >= 11 is 0. The van der Waals surface area contributed by atoms with Crippen LogP contribution in [0.3, 0.4) is 0 Å². The van der Waals surface area contributed by atoms with Crippen LogP contribution in [0.25, 0.3) is 11.0 Å². The number of hydrogen-bond acceptors (Lipinski definition) is 4. The topological polar surface area (TPSA) is 81.8 Å². The van der Waals surface area contributed by atoms with Gasteiger partial charge in [0.25, 0.3) is 5.56 Å². The summed E-state index contributed by atoms with van der Waals surface area (Å²) in [6.45, 7) is 7.25. The molecule has 0 aliphatic carbocycles. The lowest BCUT2D eigenvalue weighted by Gasteiger charge is -2.19.